The third-order valence-corrected chi connectivity index (χ3v) is 7.10. The molecule has 2 aliphatic heterocycles. The highest BCUT2D eigenvalue weighted by atomic mass is 16.2. The standard InChI is InChI=1S/C21H31N7O2/c22-19-16-12-26(13-17(16)19)11-14-1-3-15(4-2-14)28-8-5-18(25-21(28)30)24-20(29)27-9-6-23-7-10-27/h3,5,8,14,16-17,19,23H,1-2,4,6-7,9-13,22H2,(H,24,25,29,30). The number of piperidine rings is 1. The molecular weight excluding hydrogens is 382 g/mol. The normalized spacial score (nSPS) is 31.2. The van der Waals surface area contributed by atoms with Gasteiger partial charge in [-0.1, -0.05) is 6.08 Å². The number of carbonyl (C=O) groups excluding carboxylic acids is 1. The molecule has 0 spiro atoms. The van der Waals surface area contributed by atoms with Gasteiger partial charge in [-0.2, -0.15) is 4.98 Å². The summed E-state index contributed by atoms with van der Waals surface area (Å²) in [7, 11) is 0. The fourth-order valence-corrected chi connectivity index (χ4v) is 5.18. The number of nitrogens with zero attached hydrogens (tertiary/aromatic N) is 4. The van der Waals surface area contributed by atoms with Crippen molar-refractivity contribution in [3.8, 4) is 0 Å². The average Bonchev–Trinajstić information content (AvgIpc) is 3.16. The van der Waals surface area contributed by atoms with Crippen LogP contribution in [0.15, 0.2) is 23.1 Å². The maximum atomic E-state index is 12.5. The third-order valence-electron chi connectivity index (χ3n) is 7.10. The summed E-state index contributed by atoms with van der Waals surface area (Å²) in [6.45, 7) is 6.32. The van der Waals surface area contributed by atoms with Gasteiger partial charge in [0, 0.05) is 63.7 Å². The van der Waals surface area contributed by atoms with Gasteiger partial charge in [-0.3, -0.25) is 9.88 Å². The highest BCUT2D eigenvalue weighted by Gasteiger charge is 2.53. The zero-order valence-electron chi connectivity index (χ0n) is 17.3. The molecule has 1 aromatic rings. The Kier molecular flexibility index (Phi) is 5.34. The number of aromatic nitrogens is 2. The number of allylic oxidation sites excluding steroid dienone is 2. The van der Waals surface area contributed by atoms with Gasteiger partial charge in [0.15, 0.2) is 0 Å². The van der Waals surface area contributed by atoms with Crippen LogP contribution in [0.4, 0.5) is 10.6 Å². The van der Waals surface area contributed by atoms with Crippen LogP contribution in [0.5, 0.6) is 0 Å². The number of amides is 2. The summed E-state index contributed by atoms with van der Waals surface area (Å²) >= 11 is 0. The van der Waals surface area contributed by atoms with Crippen molar-refractivity contribution in [2.75, 3.05) is 51.1 Å². The summed E-state index contributed by atoms with van der Waals surface area (Å²) in [6.07, 6.45) is 6.85. The maximum absolute atomic E-state index is 12.5. The predicted molar refractivity (Wildman–Crippen MR) is 115 cm³/mol. The van der Waals surface area contributed by atoms with Crippen molar-refractivity contribution >= 4 is 17.5 Å². The van der Waals surface area contributed by atoms with E-state index in [1.165, 1.54) is 0 Å². The van der Waals surface area contributed by atoms with Crippen molar-refractivity contribution in [1.29, 1.82) is 0 Å². The number of rotatable bonds is 4. The smallest absolute Gasteiger partial charge is 0.327 e. The van der Waals surface area contributed by atoms with E-state index < -0.39 is 0 Å². The molecule has 3 heterocycles. The molecule has 2 saturated heterocycles. The van der Waals surface area contributed by atoms with Gasteiger partial charge in [0.25, 0.3) is 0 Å². The molecule has 4 N–H and O–H groups in total. The number of hydrogen-bond acceptors (Lipinski definition) is 6. The Morgan fingerprint density at radius 2 is 2.03 bits per heavy atom. The molecule has 5 rings (SSSR count). The minimum atomic E-state index is -0.341. The van der Waals surface area contributed by atoms with E-state index in [-0.39, 0.29) is 11.7 Å². The zero-order valence-corrected chi connectivity index (χ0v) is 17.3. The van der Waals surface area contributed by atoms with Crippen LogP contribution in [0.3, 0.4) is 0 Å². The number of carbonyl (C=O) groups is 1. The molecular formula is C21H31N7O2. The van der Waals surface area contributed by atoms with E-state index in [2.05, 4.69) is 26.6 Å². The Morgan fingerprint density at radius 1 is 1.27 bits per heavy atom. The van der Waals surface area contributed by atoms with Crippen LogP contribution >= 0.6 is 0 Å². The minimum Gasteiger partial charge on any atom is -0.327 e. The first-order chi connectivity index (χ1) is 14.6. The molecule has 30 heavy (non-hydrogen) atoms. The lowest BCUT2D eigenvalue weighted by molar-refractivity contribution is 0.204. The van der Waals surface area contributed by atoms with Gasteiger partial charge in [-0.25, -0.2) is 9.59 Å². The molecule has 0 bridgehead atoms. The van der Waals surface area contributed by atoms with Crippen molar-refractivity contribution in [3.05, 3.63) is 28.8 Å². The Hall–Kier alpha value is -2.23. The Morgan fingerprint density at radius 3 is 2.70 bits per heavy atom. The van der Waals surface area contributed by atoms with E-state index in [0.717, 1.165) is 69.5 Å². The Labute approximate surface area is 176 Å². The molecule has 4 aliphatic rings. The van der Waals surface area contributed by atoms with E-state index in [1.54, 1.807) is 21.7 Å². The zero-order chi connectivity index (χ0) is 20.7. The molecule has 3 unspecified atom stereocenters. The number of piperazine rings is 1. The highest BCUT2D eigenvalue weighted by molar-refractivity contribution is 5.88. The highest BCUT2D eigenvalue weighted by Crippen LogP contribution is 2.44. The molecule has 3 atom stereocenters. The summed E-state index contributed by atoms with van der Waals surface area (Å²) in [4.78, 5) is 33.2. The molecule has 0 aromatic carbocycles. The van der Waals surface area contributed by atoms with E-state index in [1.807, 2.05) is 0 Å². The summed E-state index contributed by atoms with van der Waals surface area (Å²) in [5.74, 6) is 2.41. The van der Waals surface area contributed by atoms with Gasteiger partial charge in [0.2, 0.25) is 0 Å². The Bertz CT molecular complexity index is 880. The van der Waals surface area contributed by atoms with Crippen LogP contribution < -0.4 is 22.1 Å². The van der Waals surface area contributed by atoms with Crippen molar-refractivity contribution < 1.29 is 4.79 Å². The molecule has 3 fully saturated rings. The first-order valence-electron chi connectivity index (χ1n) is 11.1. The molecule has 0 radical (unpaired) electrons. The van der Waals surface area contributed by atoms with Crippen LogP contribution in [0.2, 0.25) is 0 Å². The summed E-state index contributed by atoms with van der Waals surface area (Å²) in [5.41, 5.74) is 6.70. The second kappa shape index (κ2) is 8.13. The summed E-state index contributed by atoms with van der Waals surface area (Å²) in [5, 5.41) is 5.95. The van der Waals surface area contributed by atoms with E-state index >= 15 is 0 Å². The molecule has 9 nitrogen and oxygen atoms in total. The van der Waals surface area contributed by atoms with Gasteiger partial charge in [0.1, 0.15) is 5.82 Å². The van der Waals surface area contributed by atoms with Gasteiger partial charge in [-0.05, 0) is 43.1 Å². The largest absolute Gasteiger partial charge is 0.353 e. The average molecular weight is 414 g/mol. The van der Waals surface area contributed by atoms with Gasteiger partial charge >= 0.3 is 11.7 Å². The number of urea groups is 1. The van der Waals surface area contributed by atoms with Crippen molar-refractivity contribution in [3.63, 3.8) is 0 Å². The SMILES string of the molecule is NC1C2CN(CC3CC=C(n4ccc(NC(=O)N5CCNCC5)nc4=O)CC3)CC12. The van der Waals surface area contributed by atoms with Gasteiger partial charge in [-0.15, -0.1) is 0 Å². The second-order valence-electron chi connectivity index (χ2n) is 9.09. The lowest BCUT2D eigenvalue weighted by Gasteiger charge is -2.28. The van der Waals surface area contributed by atoms with Gasteiger partial charge in [0.05, 0.1) is 0 Å². The number of nitrogens with one attached hydrogen (secondary N) is 2. The maximum Gasteiger partial charge on any atom is 0.353 e. The molecule has 1 saturated carbocycles. The van der Waals surface area contributed by atoms with Crippen molar-refractivity contribution in [2.24, 2.45) is 23.5 Å². The van der Waals surface area contributed by atoms with Crippen LogP contribution in [0.1, 0.15) is 19.3 Å². The van der Waals surface area contributed by atoms with Crippen LogP contribution in [-0.2, 0) is 0 Å². The topological polar surface area (TPSA) is 109 Å². The monoisotopic (exact) mass is 413 g/mol. The summed E-state index contributed by atoms with van der Waals surface area (Å²) in [6, 6.07) is 1.94. The van der Waals surface area contributed by atoms with Crippen molar-refractivity contribution in [1.82, 2.24) is 24.7 Å². The number of anilines is 1. The lowest BCUT2D eigenvalue weighted by Crippen LogP contribution is -2.48. The fraction of sp³-hybridized carbons (Fsp3) is 0.667. The number of nitrogens with two attached hydrogens (primary N) is 1. The number of likely N-dealkylation sites (tertiary alicyclic amines) is 1. The molecule has 2 amide bonds. The van der Waals surface area contributed by atoms with E-state index in [9.17, 15) is 9.59 Å². The number of fused-ring (bicyclic) bond motifs is 1. The van der Waals surface area contributed by atoms with Crippen LogP contribution in [0.25, 0.3) is 5.70 Å². The quantitative estimate of drug-likeness (QED) is 0.651. The first kappa shape index (κ1) is 19.7. The summed E-state index contributed by atoms with van der Waals surface area (Å²) < 4.78 is 1.61. The van der Waals surface area contributed by atoms with Crippen LogP contribution in [0, 0.1) is 17.8 Å². The van der Waals surface area contributed by atoms with E-state index in [4.69, 9.17) is 5.73 Å². The van der Waals surface area contributed by atoms with Crippen molar-refractivity contribution in [2.45, 2.75) is 25.3 Å². The molecule has 2 aliphatic carbocycles. The first-order valence-corrected chi connectivity index (χ1v) is 11.1. The van der Waals surface area contributed by atoms with E-state index in [0.29, 0.717) is 30.9 Å². The third kappa shape index (κ3) is 4.01. The van der Waals surface area contributed by atoms with Crippen LogP contribution in [-0.4, -0.2) is 77.2 Å². The Balaban J connectivity index is 1.16. The predicted octanol–water partition coefficient (Wildman–Crippen LogP) is 0.210. The minimum absolute atomic E-state index is 0.207. The fourth-order valence-electron chi connectivity index (χ4n) is 5.18. The molecule has 1 aromatic heterocycles. The molecule has 162 valence electrons. The second-order valence-corrected chi connectivity index (χ2v) is 9.09. The lowest BCUT2D eigenvalue weighted by atomic mass is 9.92. The number of hydrogen-bond donors (Lipinski definition) is 3. The molecule has 9 heteroatoms. The van der Waals surface area contributed by atoms with Gasteiger partial charge < -0.3 is 20.9 Å².